The molecule has 3 rings (SSSR count). The second-order valence-corrected chi connectivity index (χ2v) is 6.22. The van der Waals surface area contributed by atoms with Crippen molar-refractivity contribution in [3.8, 4) is 17.2 Å². The topological polar surface area (TPSA) is 104 Å². The first-order valence-corrected chi connectivity index (χ1v) is 9.21. The number of nitrogens with zero attached hydrogens (tertiary/aromatic N) is 3. The van der Waals surface area contributed by atoms with Crippen molar-refractivity contribution < 1.29 is 19.0 Å². The standard InChI is InChI=1S/C21H22N4O5/c1-5-25-20(27)15-8-6-7-9-16(15)23-21(25)24-22-12-14-10-17(28-3)19(30-13(2)26)18(11-14)29-4/h6-12H,5H2,1-4H3,(H,23,24)/b22-12-. The Morgan fingerprint density at radius 3 is 2.47 bits per heavy atom. The van der Waals surface area contributed by atoms with Gasteiger partial charge in [0.2, 0.25) is 11.7 Å². The third kappa shape index (κ3) is 4.24. The molecule has 2 aromatic carbocycles. The van der Waals surface area contributed by atoms with Gasteiger partial charge in [0.05, 0.1) is 31.3 Å². The Hall–Kier alpha value is -3.88. The predicted molar refractivity (Wildman–Crippen MR) is 114 cm³/mol. The number of carbonyl (C=O) groups excluding carboxylic acids is 1. The SMILES string of the molecule is CCn1c(N/N=C\c2cc(OC)c(OC(C)=O)c(OC)c2)nc2ccccc2c1=O. The second-order valence-electron chi connectivity index (χ2n) is 6.22. The van der Waals surface area contributed by atoms with Crippen molar-refractivity contribution in [2.45, 2.75) is 20.4 Å². The highest BCUT2D eigenvalue weighted by atomic mass is 16.6. The van der Waals surface area contributed by atoms with Gasteiger partial charge in [-0.1, -0.05) is 12.1 Å². The number of hydrogen-bond acceptors (Lipinski definition) is 8. The maximum Gasteiger partial charge on any atom is 0.308 e. The Kier molecular flexibility index (Phi) is 6.31. The smallest absolute Gasteiger partial charge is 0.308 e. The molecule has 156 valence electrons. The van der Waals surface area contributed by atoms with E-state index in [-0.39, 0.29) is 11.3 Å². The first kappa shape index (κ1) is 20.8. The van der Waals surface area contributed by atoms with Crippen LogP contribution >= 0.6 is 0 Å². The van der Waals surface area contributed by atoms with Gasteiger partial charge in [-0.3, -0.25) is 14.2 Å². The van der Waals surface area contributed by atoms with Crippen LogP contribution < -0.4 is 25.2 Å². The van der Waals surface area contributed by atoms with Gasteiger partial charge in [-0.25, -0.2) is 10.4 Å². The molecule has 0 atom stereocenters. The minimum absolute atomic E-state index is 0.144. The Labute approximate surface area is 172 Å². The molecule has 0 unspecified atom stereocenters. The lowest BCUT2D eigenvalue weighted by atomic mass is 10.2. The molecule has 0 spiro atoms. The monoisotopic (exact) mass is 410 g/mol. The minimum Gasteiger partial charge on any atom is -0.493 e. The van der Waals surface area contributed by atoms with Crippen molar-refractivity contribution in [1.29, 1.82) is 0 Å². The molecular formula is C21H22N4O5. The number of hydrazone groups is 1. The molecule has 0 saturated heterocycles. The summed E-state index contributed by atoms with van der Waals surface area (Å²) in [7, 11) is 2.92. The van der Waals surface area contributed by atoms with E-state index in [9.17, 15) is 9.59 Å². The molecule has 0 bridgehead atoms. The van der Waals surface area contributed by atoms with Crippen molar-refractivity contribution in [1.82, 2.24) is 9.55 Å². The molecule has 9 heteroatoms. The number of fused-ring (bicyclic) bond motifs is 1. The molecule has 0 aliphatic carbocycles. The summed E-state index contributed by atoms with van der Waals surface area (Å²) in [5, 5.41) is 4.74. The first-order chi connectivity index (χ1) is 14.5. The highest BCUT2D eigenvalue weighted by molar-refractivity contribution is 5.84. The van der Waals surface area contributed by atoms with E-state index in [4.69, 9.17) is 14.2 Å². The number of rotatable bonds is 7. The van der Waals surface area contributed by atoms with Crippen molar-refractivity contribution in [2.24, 2.45) is 5.10 Å². The lowest BCUT2D eigenvalue weighted by molar-refractivity contribution is -0.132. The summed E-state index contributed by atoms with van der Waals surface area (Å²) in [6.45, 7) is 3.59. The number of hydrogen-bond donors (Lipinski definition) is 1. The Balaban J connectivity index is 1.93. The van der Waals surface area contributed by atoms with E-state index < -0.39 is 5.97 Å². The molecule has 0 aliphatic heterocycles. The lowest BCUT2D eigenvalue weighted by Crippen LogP contribution is -2.23. The summed E-state index contributed by atoms with van der Waals surface area (Å²) in [6, 6.07) is 10.4. The van der Waals surface area contributed by atoms with E-state index >= 15 is 0 Å². The van der Waals surface area contributed by atoms with Crippen LogP contribution in [0.2, 0.25) is 0 Å². The molecule has 0 aliphatic rings. The van der Waals surface area contributed by atoms with Crippen molar-refractivity contribution >= 4 is 29.0 Å². The van der Waals surface area contributed by atoms with E-state index in [1.165, 1.54) is 31.9 Å². The number of benzene rings is 2. The molecule has 0 fully saturated rings. The second kappa shape index (κ2) is 9.08. The summed E-state index contributed by atoms with van der Waals surface area (Å²) in [5.41, 5.74) is 3.88. The van der Waals surface area contributed by atoms with Gasteiger partial charge in [-0.2, -0.15) is 5.10 Å². The van der Waals surface area contributed by atoms with Crippen LogP contribution in [-0.4, -0.2) is 36.0 Å². The molecule has 0 amide bonds. The number of anilines is 1. The third-order valence-corrected chi connectivity index (χ3v) is 4.28. The van der Waals surface area contributed by atoms with Gasteiger partial charge in [0, 0.05) is 19.0 Å². The molecule has 30 heavy (non-hydrogen) atoms. The summed E-state index contributed by atoms with van der Waals surface area (Å²) in [6.07, 6.45) is 1.52. The van der Waals surface area contributed by atoms with Crippen molar-refractivity contribution in [3.05, 3.63) is 52.3 Å². The first-order valence-electron chi connectivity index (χ1n) is 9.21. The lowest BCUT2D eigenvalue weighted by Gasteiger charge is -2.13. The Morgan fingerprint density at radius 1 is 1.20 bits per heavy atom. The normalized spacial score (nSPS) is 10.9. The van der Waals surface area contributed by atoms with Gasteiger partial charge < -0.3 is 14.2 Å². The number of nitrogens with one attached hydrogen (secondary N) is 1. The fraction of sp³-hybridized carbons (Fsp3) is 0.238. The number of ether oxygens (including phenoxy) is 3. The Morgan fingerprint density at radius 2 is 1.87 bits per heavy atom. The molecule has 0 radical (unpaired) electrons. The molecule has 0 saturated carbocycles. The van der Waals surface area contributed by atoms with Gasteiger partial charge in [-0.05, 0) is 31.2 Å². The van der Waals surface area contributed by atoms with E-state index in [1.54, 1.807) is 30.3 Å². The highest BCUT2D eigenvalue weighted by Gasteiger charge is 2.16. The predicted octanol–water partition coefficient (Wildman–Crippen LogP) is 2.80. The fourth-order valence-electron chi connectivity index (χ4n) is 2.93. The number of methoxy groups -OCH3 is 2. The van der Waals surface area contributed by atoms with E-state index in [0.717, 1.165) is 0 Å². The van der Waals surface area contributed by atoms with Crippen LogP contribution in [0, 0.1) is 0 Å². The maximum absolute atomic E-state index is 12.7. The van der Waals surface area contributed by atoms with E-state index in [0.29, 0.717) is 40.5 Å². The van der Waals surface area contributed by atoms with Gasteiger partial charge in [0.25, 0.3) is 5.56 Å². The summed E-state index contributed by atoms with van der Waals surface area (Å²) < 4.78 is 17.3. The average Bonchev–Trinajstić information content (AvgIpc) is 2.74. The molecular weight excluding hydrogens is 388 g/mol. The van der Waals surface area contributed by atoms with E-state index in [1.807, 2.05) is 13.0 Å². The minimum atomic E-state index is -0.491. The van der Waals surface area contributed by atoms with Crippen molar-refractivity contribution in [2.75, 3.05) is 19.6 Å². The summed E-state index contributed by atoms with van der Waals surface area (Å²) in [5.74, 6) is 0.664. The van der Waals surface area contributed by atoms with Crippen molar-refractivity contribution in [3.63, 3.8) is 0 Å². The maximum atomic E-state index is 12.7. The van der Waals surface area contributed by atoms with Gasteiger partial charge >= 0.3 is 5.97 Å². The van der Waals surface area contributed by atoms with Crippen LogP contribution in [0.1, 0.15) is 19.4 Å². The molecule has 1 N–H and O–H groups in total. The zero-order valence-corrected chi connectivity index (χ0v) is 17.1. The number of aromatic nitrogens is 2. The van der Waals surface area contributed by atoms with Crippen LogP contribution in [0.4, 0.5) is 5.95 Å². The number of esters is 1. The van der Waals surface area contributed by atoms with Gasteiger partial charge in [-0.15, -0.1) is 0 Å². The molecule has 1 heterocycles. The zero-order valence-electron chi connectivity index (χ0n) is 17.1. The average molecular weight is 410 g/mol. The number of carbonyl (C=O) groups is 1. The molecule has 9 nitrogen and oxygen atoms in total. The summed E-state index contributed by atoms with van der Waals surface area (Å²) >= 11 is 0. The number of para-hydroxylation sites is 1. The van der Waals surface area contributed by atoms with Crippen LogP contribution in [0.5, 0.6) is 17.2 Å². The van der Waals surface area contributed by atoms with Crippen LogP contribution in [0.15, 0.2) is 46.3 Å². The fourth-order valence-corrected chi connectivity index (χ4v) is 2.93. The summed E-state index contributed by atoms with van der Waals surface area (Å²) in [4.78, 5) is 28.5. The zero-order chi connectivity index (χ0) is 21.7. The van der Waals surface area contributed by atoms with E-state index in [2.05, 4.69) is 15.5 Å². The largest absolute Gasteiger partial charge is 0.493 e. The quantitative estimate of drug-likeness (QED) is 0.276. The van der Waals surface area contributed by atoms with Gasteiger partial charge in [0.15, 0.2) is 11.5 Å². The molecule has 3 aromatic rings. The highest BCUT2D eigenvalue weighted by Crippen LogP contribution is 2.38. The Bertz CT molecular complexity index is 1140. The third-order valence-electron chi connectivity index (χ3n) is 4.28. The van der Waals surface area contributed by atoms with Crippen LogP contribution in [0.25, 0.3) is 10.9 Å². The van der Waals surface area contributed by atoms with Gasteiger partial charge in [0.1, 0.15) is 0 Å². The molecule has 1 aromatic heterocycles. The van der Waals surface area contributed by atoms with Crippen LogP contribution in [0.3, 0.4) is 0 Å². The van der Waals surface area contributed by atoms with Crippen LogP contribution in [-0.2, 0) is 11.3 Å².